The van der Waals surface area contributed by atoms with Crippen LogP contribution in [0.15, 0.2) is 15.6 Å². The largest absolute Gasteiger partial charge is 0.477 e. The summed E-state index contributed by atoms with van der Waals surface area (Å²) < 4.78 is 5.32. The first-order valence-electron chi connectivity index (χ1n) is 12.5. The number of likely N-dealkylation sites (tertiary alicyclic amines) is 2. The first kappa shape index (κ1) is 27.6. The summed E-state index contributed by atoms with van der Waals surface area (Å²) in [5.41, 5.74) is 10.5. The summed E-state index contributed by atoms with van der Waals surface area (Å²) in [6.07, 6.45) is 0.574. The fourth-order valence-electron chi connectivity index (χ4n) is 5.87. The van der Waals surface area contributed by atoms with E-state index < -0.39 is 18.0 Å². The minimum Gasteiger partial charge on any atom is -0.477 e. The van der Waals surface area contributed by atoms with E-state index in [1.807, 2.05) is 23.8 Å². The Hall–Kier alpha value is -2.39. The van der Waals surface area contributed by atoms with Crippen molar-refractivity contribution in [2.45, 2.75) is 56.2 Å². The number of fused-ring (bicyclic) bond motifs is 1. The van der Waals surface area contributed by atoms with Gasteiger partial charge in [0.15, 0.2) is 5.96 Å². The van der Waals surface area contributed by atoms with Gasteiger partial charge in [0, 0.05) is 41.7 Å². The standard InChI is InChI=1S/C23H37N7O6S/c1-11-17-16(12(2)31)21(33)30(17)18(22(34)35)19(11)37-14-6-15(28(3)8-14)20(32)29-5-4-13(7-29)26-9-36-10-27-23(24)25/h11-17,26,31H,4-10H2,1-3H3,(H,34,35)(H4,24,25,27). The second-order valence-corrected chi connectivity index (χ2v) is 11.6. The molecule has 14 heteroatoms. The van der Waals surface area contributed by atoms with Gasteiger partial charge in [0.1, 0.15) is 12.4 Å². The van der Waals surface area contributed by atoms with Crippen LogP contribution < -0.4 is 16.8 Å². The molecule has 4 aliphatic heterocycles. The van der Waals surface area contributed by atoms with E-state index in [1.54, 1.807) is 6.92 Å². The van der Waals surface area contributed by atoms with Gasteiger partial charge in [0.25, 0.3) is 0 Å². The number of carboxylic acid groups (broad SMARTS) is 1. The van der Waals surface area contributed by atoms with Gasteiger partial charge < -0.3 is 36.2 Å². The summed E-state index contributed by atoms with van der Waals surface area (Å²) in [4.78, 5) is 47.7. The van der Waals surface area contributed by atoms with Gasteiger partial charge in [0.05, 0.1) is 30.8 Å². The van der Waals surface area contributed by atoms with Crippen molar-refractivity contribution in [2.24, 2.45) is 28.3 Å². The number of β-lactam (4-membered cyclic amide) rings is 1. The smallest absolute Gasteiger partial charge is 0.353 e. The number of carboxylic acids is 1. The summed E-state index contributed by atoms with van der Waals surface area (Å²) in [7, 11) is 1.91. The number of hydrogen-bond acceptors (Lipinski definition) is 9. The minimum absolute atomic E-state index is 0.0185. The molecule has 0 aromatic heterocycles. The number of carbonyl (C=O) groups is 3. The number of ether oxygens (including phenoxy) is 1. The van der Waals surface area contributed by atoms with Crippen LogP contribution in [0.5, 0.6) is 0 Å². The maximum absolute atomic E-state index is 13.3. The topological polar surface area (TPSA) is 187 Å². The predicted octanol–water partition coefficient (Wildman–Crippen LogP) is -1.66. The Bertz CT molecular complexity index is 987. The second kappa shape index (κ2) is 11.2. The Morgan fingerprint density at radius 2 is 2.05 bits per heavy atom. The second-order valence-electron chi connectivity index (χ2n) is 10.2. The molecule has 4 heterocycles. The van der Waals surface area contributed by atoms with E-state index in [4.69, 9.17) is 16.2 Å². The van der Waals surface area contributed by atoms with Crippen molar-refractivity contribution >= 4 is 35.5 Å². The van der Waals surface area contributed by atoms with E-state index in [2.05, 4.69) is 10.3 Å². The molecule has 2 amide bonds. The molecule has 7 N–H and O–H groups in total. The first-order chi connectivity index (χ1) is 17.5. The molecule has 0 saturated carbocycles. The number of aliphatic imine (C=N–C) groups is 1. The van der Waals surface area contributed by atoms with Crippen molar-refractivity contribution < 1.29 is 29.3 Å². The van der Waals surface area contributed by atoms with E-state index in [0.717, 1.165) is 6.42 Å². The number of nitrogens with two attached hydrogens (primary N) is 2. The van der Waals surface area contributed by atoms with Crippen LogP contribution in [-0.2, 0) is 19.1 Å². The maximum atomic E-state index is 13.3. The van der Waals surface area contributed by atoms with Crippen LogP contribution >= 0.6 is 11.8 Å². The first-order valence-corrected chi connectivity index (χ1v) is 13.4. The van der Waals surface area contributed by atoms with Crippen LogP contribution in [-0.4, -0.2) is 118 Å². The van der Waals surface area contributed by atoms with Gasteiger partial charge in [0.2, 0.25) is 11.8 Å². The third-order valence-electron chi connectivity index (χ3n) is 7.71. The maximum Gasteiger partial charge on any atom is 0.353 e. The van der Waals surface area contributed by atoms with Gasteiger partial charge in [-0.1, -0.05) is 6.92 Å². The molecule has 13 nitrogen and oxygen atoms in total. The van der Waals surface area contributed by atoms with Crippen molar-refractivity contribution in [3.63, 3.8) is 0 Å². The number of amides is 2. The predicted molar refractivity (Wildman–Crippen MR) is 137 cm³/mol. The summed E-state index contributed by atoms with van der Waals surface area (Å²) in [6, 6.07) is -0.509. The number of aliphatic carboxylic acids is 1. The summed E-state index contributed by atoms with van der Waals surface area (Å²) in [5.74, 6) is -2.21. The highest BCUT2D eigenvalue weighted by molar-refractivity contribution is 8.03. The number of guanidine groups is 1. The molecule has 0 spiro atoms. The van der Waals surface area contributed by atoms with Crippen LogP contribution in [0.4, 0.5) is 0 Å². The Labute approximate surface area is 220 Å². The van der Waals surface area contributed by atoms with Gasteiger partial charge in [-0.2, -0.15) is 0 Å². The summed E-state index contributed by atoms with van der Waals surface area (Å²) >= 11 is 1.46. The number of nitrogens with zero attached hydrogens (tertiary/aromatic N) is 4. The molecule has 0 aliphatic carbocycles. The van der Waals surface area contributed by atoms with E-state index in [-0.39, 0.29) is 66.2 Å². The highest BCUT2D eigenvalue weighted by Crippen LogP contribution is 2.52. The van der Waals surface area contributed by atoms with Gasteiger partial charge in [-0.3, -0.25) is 19.8 Å². The zero-order valence-electron chi connectivity index (χ0n) is 21.4. The highest BCUT2D eigenvalue weighted by atomic mass is 32.2. The lowest BCUT2D eigenvalue weighted by Crippen LogP contribution is -2.63. The zero-order valence-corrected chi connectivity index (χ0v) is 22.2. The molecule has 7 unspecified atom stereocenters. The molecule has 3 fully saturated rings. The molecule has 0 aromatic carbocycles. The third kappa shape index (κ3) is 5.43. The number of nitrogens with one attached hydrogen (secondary N) is 1. The zero-order chi connectivity index (χ0) is 27.0. The van der Waals surface area contributed by atoms with Gasteiger partial charge in [-0.15, -0.1) is 11.8 Å². The van der Waals surface area contributed by atoms with Gasteiger partial charge >= 0.3 is 5.97 Å². The molecule has 4 rings (SSSR count). The Kier molecular flexibility index (Phi) is 8.33. The Balaban J connectivity index is 1.33. The number of thioether (sulfide) groups is 1. The molecule has 7 atom stereocenters. The normalized spacial score (nSPS) is 32.5. The van der Waals surface area contributed by atoms with Crippen molar-refractivity contribution in [3.8, 4) is 0 Å². The van der Waals surface area contributed by atoms with Crippen molar-refractivity contribution in [1.82, 2.24) is 20.0 Å². The molecule has 0 aromatic rings. The number of carbonyl (C=O) groups excluding carboxylic acids is 2. The average Bonchev–Trinajstić information content (AvgIpc) is 3.49. The minimum atomic E-state index is -1.13. The lowest BCUT2D eigenvalue weighted by molar-refractivity contribution is -0.163. The number of likely N-dealkylation sites (N-methyl/N-ethyl adjacent to an activating group) is 1. The highest BCUT2D eigenvalue weighted by Gasteiger charge is 2.60. The van der Waals surface area contributed by atoms with Gasteiger partial charge in [-0.25, -0.2) is 9.79 Å². The summed E-state index contributed by atoms with van der Waals surface area (Å²) in [5, 5.41) is 23.2. The number of hydrogen-bond donors (Lipinski definition) is 5. The van der Waals surface area contributed by atoms with Crippen LogP contribution in [0.1, 0.15) is 26.7 Å². The molecular weight excluding hydrogens is 502 g/mol. The van der Waals surface area contributed by atoms with Crippen molar-refractivity contribution in [3.05, 3.63) is 10.6 Å². The molecular formula is C23H37N7O6S. The van der Waals surface area contributed by atoms with E-state index >= 15 is 0 Å². The average molecular weight is 540 g/mol. The molecule has 4 aliphatic rings. The Morgan fingerprint density at radius 3 is 2.70 bits per heavy atom. The van der Waals surface area contributed by atoms with Gasteiger partial charge in [-0.05, 0) is 26.8 Å². The van der Waals surface area contributed by atoms with E-state index in [0.29, 0.717) is 31.0 Å². The van der Waals surface area contributed by atoms with Crippen LogP contribution in [0, 0.1) is 11.8 Å². The van der Waals surface area contributed by atoms with E-state index in [1.165, 1.54) is 16.7 Å². The van der Waals surface area contributed by atoms with Crippen molar-refractivity contribution in [1.29, 1.82) is 0 Å². The fourth-order valence-corrected chi connectivity index (χ4v) is 7.46. The van der Waals surface area contributed by atoms with Crippen molar-refractivity contribution in [2.75, 3.05) is 40.1 Å². The quantitative estimate of drug-likeness (QED) is 0.0703. The number of rotatable bonds is 10. The molecule has 0 radical (unpaired) electrons. The Morgan fingerprint density at radius 1 is 1.32 bits per heavy atom. The monoisotopic (exact) mass is 539 g/mol. The lowest BCUT2D eigenvalue weighted by atomic mass is 9.79. The number of aliphatic hydroxyl groups is 1. The summed E-state index contributed by atoms with van der Waals surface area (Å²) in [6.45, 7) is 5.70. The number of aliphatic hydroxyl groups excluding tert-OH is 1. The van der Waals surface area contributed by atoms with Crippen LogP contribution in [0.3, 0.4) is 0 Å². The molecule has 3 saturated heterocycles. The SMILES string of the molecule is CC(O)C1C(=O)N2C(C(=O)O)=C(SC3CC(C(=O)N4CCC(NCOCN=C(N)N)C4)N(C)C3)C(C)C12. The molecule has 206 valence electrons. The fraction of sp³-hybridized carbons (Fsp3) is 0.739. The van der Waals surface area contributed by atoms with Crippen LogP contribution in [0.25, 0.3) is 0 Å². The lowest BCUT2D eigenvalue weighted by Gasteiger charge is -2.46. The molecule has 37 heavy (non-hydrogen) atoms. The van der Waals surface area contributed by atoms with E-state index in [9.17, 15) is 24.6 Å². The third-order valence-corrected chi connectivity index (χ3v) is 9.21. The molecule has 0 bridgehead atoms. The van der Waals surface area contributed by atoms with Crippen LogP contribution in [0.2, 0.25) is 0 Å².